The standard InChI is InChI=1S/C17H34N2O2.2C6H16NP.4C6H15N.4C2H6.12CH2O.14H3N/c1-3-5-10-14-18-16(20)12-8-7-9-13-17(21)19-15-11-6-4-2;1-3-4-5-6-7-8-2;1-2-3-4-5-7-6-8;4*1-3-4-5-6-7-2;16*1-2;;;;;;;;;;;;;;/h3-15H2,1-2H3,(H,18,20)(H,19,21);7-8H,3-6H2,1-2H3;7H,2-6,8H2,1H3;4*7H,3-6H2,1-2H3;4*1-2H3;12*1H2;14*1H3. The lowest BCUT2D eigenvalue weighted by Gasteiger charge is -2.06. The first kappa shape index (κ1) is 245. The van der Waals surface area contributed by atoms with Gasteiger partial charge in [0, 0.05) is 32.2 Å². The van der Waals surface area contributed by atoms with Gasteiger partial charge in [0.2, 0.25) is 11.8 Å². The first-order valence-corrected chi connectivity index (χ1v) is 37.4. The Bertz CT molecular complexity index is 865. The van der Waals surface area contributed by atoms with Crippen molar-refractivity contribution in [1.82, 2.24) is 128 Å². The lowest BCUT2D eigenvalue weighted by Crippen LogP contribution is -2.24. The molecule has 2 atom stereocenters. The first-order chi connectivity index (χ1) is 47.7. The maximum atomic E-state index is 11.5. The van der Waals surface area contributed by atoms with Crippen LogP contribution in [0.3, 0.4) is 0 Å². The molecule has 0 aliphatic rings. The molecule has 0 radical (unpaired) electrons. The topological polar surface area (TPSA) is 825 Å². The zero-order valence-corrected chi connectivity index (χ0v) is 80.2. The Morgan fingerprint density at radius 3 is 0.541 bits per heavy atom. The molecule has 0 fully saturated rings. The van der Waals surface area contributed by atoms with Crippen LogP contribution in [-0.4, -0.2) is 187 Å². The molecule has 2 unspecified atom stereocenters. The van der Waals surface area contributed by atoms with Crippen LogP contribution in [0.4, 0.5) is 0 Å². The van der Waals surface area contributed by atoms with Crippen molar-refractivity contribution in [3.05, 3.63) is 0 Å². The lowest BCUT2D eigenvalue weighted by molar-refractivity contribution is -0.121. The molecule has 0 aromatic carbocycles. The number of rotatable bonds is 40. The van der Waals surface area contributed by atoms with Crippen molar-refractivity contribution in [1.29, 1.82) is 0 Å². The number of nitrogens with one attached hydrogen (secondary N) is 8. The van der Waals surface area contributed by atoms with Crippen LogP contribution in [0.1, 0.15) is 297 Å². The van der Waals surface area contributed by atoms with Crippen molar-refractivity contribution in [2.45, 2.75) is 297 Å². The molecule has 2 amide bonds. The molecular weight excluding hydrogens is 1470 g/mol. The highest BCUT2D eigenvalue weighted by atomic mass is 31.1. The van der Waals surface area contributed by atoms with Gasteiger partial charge in [-0.3, -0.25) is 14.7 Å². The zero-order chi connectivity index (χ0) is 82.4. The van der Waals surface area contributed by atoms with E-state index < -0.39 is 0 Å². The third-order valence-corrected chi connectivity index (χ3v) is 10.7. The fraction of sp³-hybridized carbons (Fsp3) is 0.808. The molecule has 712 valence electrons. The Hall–Kier alpha value is -4.96. The molecule has 50 N–H and O–H groups in total. The molecule has 0 aromatic rings. The van der Waals surface area contributed by atoms with E-state index >= 15 is 0 Å². The van der Waals surface area contributed by atoms with E-state index in [1.54, 1.807) is 0 Å². The molecule has 36 nitrogen and oxygen atoms in total. The maximum absolute atomic E-state index is 11.5. The molecule has 0 heterocycles. The van der Waals surface area contributed by atoms with Gasteiger partial charge in [0.1, 0.15) is 81.5 Å². The second-order valence-electron chi connectivity index (χ2n) is 16.7. The third-order valence-electron chi connectivity index (χ3n) is 9.82. The number of unbranched alkanes of at least 4 members (excludes halogenated alkanes) is 18. The second-order valence-corrected chi connectivity index (χ2v) is 18.0. The van der Waals surface area contributed by atoms with Gasteiger partial charge in [-0.25, -0.2) is 0 Å². The first-order valence-electron chi connectivity index (χ1n) is 35.1. The molecule has 0 aliphatic carbocycles. The van der Waals surface area contributed by atoms with Crippen LogP contribution in [0.25, 0.3) is 0 Å². The predicted molar refractivity (Wildman–Crippen MR) is 507 cm³/mol. The Labute approximate surface area is 694 Å². The maximum Gasteiger partial charge on any atom is 0.219 e. The van der Waals surface area contributed by atoms with Crippen LogP contribution in [-0.2, 0) is 67.1 Å². The van der Waals surface area contributed by atoms with E-state index in [0.717, 1.165) is 60.2 Å². The summed E-state index contributed by atoms with van der Waals surface area (Å²) in [6, 6.07) is 0. The smallest absolute Gasteiger partial charge is 0.219 e. The largest absolute Gasteiger partial charge is 0.356 e. The minimum absolute atomic E-state index is 0. The Morgan fingerprint density at radius 1 is 0.243 bits per heavy atom. The second kappa shape index (κ2) is 493. The third kappa shape index (κ3) is 662. The van der Waals surface area contributed by atoms with Gasteiger partial charge in [-0.05, 0) is 138 Å². The Morgan fingerprint density at radius 2 is 0.396 bits per heavy atom. The number of carbonyl (C=O) groups is 14. The zero-order valence-electron chi connectivity index (χ0n) is 78.0. The van der Waals surface area contributed by atoms with Crippen LogP contribution in [0.5, 0.6) is 0 Å². The van der Waals surface area contributed by atoms with E-state index in [0.29, 0.717) is 12.8 Å². The summed E-state index contributed by atoms with van der Waals surface area (Å²) in [4.78, 5) is 119. The average molecular weight is 1690 g/mol. The van der Waals surface area contributed by atoms with E-state index in [-0.39, 0.29) is 97.9 Å². The van der Waals surface area contributed by atoms with E-state index in [4.69, 9.17) is 57.5 Å². The summed E-state index contributed by atoms with van der Waals surface area (Å²) >= 11 is 0. The van der Waals surface area contributed by atoms with Gasteiger partial charge < -0.3 is 181 Å². The van der Waals surface area contributed by atoms with Gasteiger partial charge in [-0.15, -0.1) is 9.24 Å². The summed E-state index contributed by atoms with van der Waals surface area (Å²) in [7, 11) is 11.6. The van der Waals surface area contributed by atoms with Gasteiger partial charge in [0.25, 0.3) is 0 Å². The molecule has 0 saturated heterocycles. The van der Waals surface area contributed by atoms with Crippen molar-refractivity contribution in [3.63, 3.8) is 0 Å². The Balaban J connectivity index is -0.0000000156. The van der Waals surface area contributed by atoms with Crippen LogP contribution >= 0.6 is 18.0 Å². The van der Waals surface area contributed by atoms with Crippen LogP contribution in [0, 0.1) is 0 Å². The SMILES string of the molecule is C=O.C=O.C=O.C=O.C=O.C=O.C=O.C=O.C=O.C=O.C=O.C=O.CC.CC.CC.CC.CCCCCNC.CCCCCNC.CCCCCNC.CCCCCNC.CCCCCNC(=O)CCCCCC(=O)NCCCCC.CCCCCNCP.CCCCCNPC.N.N.N.N.N.N.N.N.N.N.N.N.N.N. The molecule has 0 aliphatic heterocycles. The molecule has 38 heteroatoms. The highest BCUT2D eigenvalue weighted by Crippen LogP contribution is 2.04. The summed E-state index contributed by atoms with van der Waals surface area (Å²) in [6.07, 6.45) is 35.8. The number of carbonyl (C=O) groups excluding carboxylic acids is 14. The summed E-state index contributed by atoms with van der Waals surface area (Å²) < 4.78 is 0. The van der Waals surface area contributed by atoms with E-state index in [1.165, 1.54) is 181 Å². The molecular formula is C73H216N22O14P2. The summed E-state index contributed by atoms with van der Waals surface area (Å²) in [6.45, 7) is 68.5. The van der Waals surface area contributed by atoms with Crippen molar-refractivity contribution < 1.29 is 67.1 Å². The van der Waals surface area contributed by atoms with Crippen molar-refractivity contribution >= 4 is 111 Å². The van der Waals surface area contributed by atoms with Gasteiger partial charge in [-0.2, -0.15) is 0 Å². The fourth-order valence-electron chi connectivity index (χ4n) is 5.53. The molecule has 0 spiro atoms. The molecule has 0 aromatic heterocycles. The lowest BCUT2D eigenvalue weighted by atomic mass is 10.1. The fourth-order valence-corrected chi connectivity index (χ4v) is 6.16. The molecule has 0 bridgehead atoms. The normalized spacial score (nSPS) is 6.50. The Kier molecular flexibility index (Phi) is 1090. The highest BCUT2D eigenvalue weighted by molar-refractivity contribution is 7.34. The van der Waals surface area contributed by atoms with E-state index in [9.17, 15) is 9.59 Å². The van der Waals surface area contributed by atoms with Crippen molar-refractivity contribution in [3.8, 4) is 0 Å². The summed E-state index contributed by atoms with van der Waals surface area (Å²) in [5.74, 6) is 0.297. The monoisotopic (exact) mass is 1690 g/mol. The quantitative estimate of drug-likeness (QED) is 0.0200. The average Bonchev–Trinajstić information content (AvgIpc) is 1.04. The van der Waals surface area contributed by atoms with E-state index in [1.807, 2.05) is 165 Å². The molecule has 0 saturated carbocycles. The predicted octanol–water partition coefficient (Wildman–Crippen LogP) is 16.9. The minimum Gasteiger partial charge on any atom is -0.356 e. The summed E-state index contributed by atoms with van der Waals surface area (Å²) in [5, 5.41) is 24.8. The van der Waals surface area contributed by atoms with Gasteiger partial charge in [-0.1, -0.05) is 229 Å². The van der Waals surface area contributed by atoms with Gasteiger partial charge >= 0.3 is 0 Å². The highest BCUT2D eigenvalue weighted by Gasteiger charge is 2.03. The summed E-state index contributed by atoms with van der Waals surface area (Å²) in [5.41, 5.74) is 0. The van der Waals surface area contributed by atoms with Crippen LogP contribution in [0.2, 0.25) is 0 Å². The van der Waals surface area contributed by atoms with Crippen LogP contribution < -0.4 is 128 Å². The number of hydrogen-bond acceptors (Lipinski definition) is 34. The number of hydrogen-bond donors (Lipinski definition) is 22. The molecule has 0 rings (SSSR count). The van der Waals surface area contributed by atoms with Gasteiger partial charge in [0.05, 0.1) is 0 Å². The molecule has 111 heavy (non-hydrogen) atoms. The van der Waals surface area contributed by atoms with Gasteiger partial charge in [0.15, 0.2) is 0 Å². The number of amides is 2. The van der Waals surface area contributed by atoms with Crippen molar-refractivity contribution in [2.24, 2.45) is 0 Å². The van der Waals surface area contributed by atoms with E-state index in [2.05, 4.69) is 114 Å². The van der Waals surface area contributed by atoms with Crippen molar-refractivity contribution in [2.75, 3.05) is 93.5 Å². The van der Waals surface area contributed by atoms with Crippen LogP contribution in [0.15, 0.2) is 0 Å². The minimum atomic E-state index is 0.